The first kappa shape index (κ1) is 23.6. The van der Waals surface area contributed by atoms with Crippen LogP contribution in [0, 0.1) is 5.82 Å². The number of anilines is 1. The fourth-order valence-electron chi connectivity index (χ4n) is 3.95. The number of carbonyl (C=O) groups excluding carboxylic acids is 2. The van der Waals surface area contributed by atoms with Gasteiger partial charge in [0.05, 0.1) is 4.90 Å². The molecule has 1 unspecified atom stereocenters. The Morgan fingerprint density at radius 2 is 1.62 bits per heavy atom. The smallest absolute Gasteiger partial charge is 0.254 e. The van der Waals surface area contributed by atoms with Gasteiger partial charge in [-0.2, -0.15) is 0 Å². The van der Waals surface area contributed by atoms with Gasteiger partial charge in [0.1, 0.15) is 11.9 Å². The molecule has 1 atom stereocenters. The quantitative estimate of drug-likeness (QED) is 0.565. The van der Waals surface area contributed by atoms with Crippen LogP contribution in [0.4, 0.5) is 10.1 Å². The zero-order valence-corrected chi connectivity index (χ0v) is 19.3. The van der Waals surface area contributed by atoms with Crippen LogP contribution in [-0.4, -0.2) is 37.7 Å². The molecule has 4 rings (SSSR count). The lowest BCUT2D eigenvalue weighted by Crippen LogP contribution is -2.50. The Labute approximate surface area is 197 Å². The van der Waals surface area contributed by atoms with Gasteiger partial charge in [-0.25, -0.2) is 17.5 Å². The molecule has 1 heterocycles. The lowest BCUT2D eigenvalue weighted by atomic mass is 9.92. The minimum Gasteiger partial charge on any atom is -0.324 e. The van der Waals surface area contributed by atoms with E-state index in [2.05, 4.69) is 10.0 Å². The van der Waals surface area contributed by atoms with Crippen molar-refractivity contribution in [1.29, 1.82) is 0 Å². The van der Waals surface area contributed by atoms with Crippen molar-refractivity contribution in [2.24, 2.45) is 0 Å². The highest BCUT2D eigenvalue weighted by Crippen LogP contribution is 2.26. The zero-order valence-electron chi connectivity index (χ0n) is 18.5. The molecular formula is C25H24FN3O4S. The first-order valence-electron chi connectivity index (χ1n) is 10.8. The fraction of sp³-hybridized carbons (Fsp3) is 0.200. The van der Waals surface area contributed by atoms with E-state index in [0.717, 1.165) is 11.1 Å². The van der Waals surface area contributed by atoms with Gasteiger partial charge in [-0.3, -0.25) is 9.59 Å². The van der Waals surface area contributed by atoms with E-state index >= 15 is 0 Å². The highest BCUT2D eigenvalue weighted by molar-refractivity contribution is 7.89. The highest BCUT2D eigenvalue weighted by atomic mass is 32.2. The molecule has 9 heteroatoms. The maximum Gasteiger partial charge on any atom is 0.254 e. The number of nitrogens with zero attached hydrogens (tertiary/aromatic N) is 1. The van der Waals surface area contributed by atoms with Crippen molar-refractivity contribution in [3.63, 3.8) is 0 Å². The molecule has 0 spiro atoms. The average Bonchev–Trinajstić information content (AvgIpc) is 2.83. The Bertz CT molecular complexity index is 1310. The molecule has 34 heavy (non-hydrogen) atoms. The van der Waals surface area contributed by atoms with Crippen molar-refractivity contribution in [2.75, 3.05) is 11.9 Å². The normalized spacial score (nSPS) is 15.5. The number of fused-ring (bicyclic) bond motifs is 1. The minimum atomic E-state index is -3.61. The summed E-state index contributed by atoms with van der Waals surface area (Å²) in [5, 5.41) is 2.79. The van der Waals surface area contributed by atoms with Crippen molar-refractivity contribution in [2.45, 2.75) is 30.8 Å². The van der Waals surface area contributed by atoms with Crippen molar-refractivity contribution in [3.05, 3.63) is 95.3 Å². The van der Waals surface area contributed by atoms with Gasteiger partial charge in [-0.05, 0) is 59.7 Å². The topological polar surface area (TPSA) is 95.6 Å². The van der Waals surface area contributed by atoms with E-state index in [-0.39, 0.29) is 29.5 Å². The molecule has 3 aromatic carbocycles. The molecule has 2 N–H and O–H groups in total. The maximum absolute atomic E-state index is 13.4. The molecule has 0 aliphatic carbocycles. The van der Waals surface area contributed by atoms with Crippen LogP contribution in [0.2, 0.25) is 0 Å². The van der Waals surface area contributed by atoms with E-state index in [1.165, 1.54) is 53.4 Å². The molecule has 1 aliphatic heterocycles. The van der Waals surface area contributed by atoms with E-state index in [1.54, 1.807) is 6.92 Å². The molecule has 176 valence electrons. The summed E-state index contributed by atoms with van der Waals surface area (Å²) < 4.78 is 40.0. The molecule has 0 saturated carbocycles. The maximum atomic E-state index is 13.4. The first-order chi connectivity index (χ1) is 16.3. The van der Waals surface area contributed by atoms with Crippen molar-refractivity contribution >= 4 is 27.5 Å². The molecule has 1 aliphatic rings. The second-order valence-electron chi connectivity index (χ2n) is 7.94. The summed E-state index contributed by atoms with van der Waals surface area (Å²) in [5.74, 6) is -1.22. The van der Waals surface area contributed by atoms with Crippen LogP contribution in [0.5, 0.6) is 0 Å². The van der Waals surface area contributed by atoms with E-state index in [1.807, 2.05) is 24.3 Å². The van der Waals surface area contributed by atoms with Gasteiger partial charge in [-0.15, -0.1) is 0 Å². The Hall–Kier alpha value is -3.56. The number of hydrogen-bond donors (Lipinski definition) is 2. The Kier molecular flexibility index (Phi) is 6.76. The van der Waals surface area contributed by atoms with E-state index in [9.17, 15) is 22.4 Å². The largest absolute Gasteiger partial charge is 0.324 e. The van der Waals surface area contributed by atoms with Gasteiger partial charge >= 0.3 is 0 Å². The van der Waals surface area contributed by atoms with Gasteiger partial charge in [0.25, 0.3) is 5.91 Å². The van der Waals surface area contributed by atoms with E-state index in [4.69, 9.17) is 0 Å². The molecule has 0 fully saturated rings. The van der Waals surface area contributed by atoms with E-state index in [0.29, 0.717) is 12.1 Å². The number of carbonyl (C=O) groups is 2. The predicted molar refractivity (Wildman–Crippen MR) is 126 cm³/mol. The summed E-state index contributed by atoms with van der Waals surface area (Å²) in [6.07, 6.45) is 0.321. The van der Waals surface area contributed by atoms with Crippen LogP contribution in [0.25, 0.3) is 0 Å². The number of nitrogens with one attached hydrogen (secondary N) is 2. The van der Waals surface area contributed by atoms with Crippen LogP contribution >= 0.6 is 0 Å². The van der Waals surface area contributed by atoms with Gasteiger partial charge in [0.2, 0.25) is 15.9 Å². The summed E-state index contributed by atoms with van der Waals surface area (Å²) in [7, 11) is -3.61. The monoisotopic (exact) mass is 481 g/mol. The fourth-order valence-corrected chi connectivity index (χ4v) is 4.99. The lowest BCUT2D eigenvalue weighted by Gasteiger charge is -2.36. The third-order valence-corrected chi connectivity index (χ3v) is 7.23. The lowest BCUT2D eigenvalue weighted by molar-refractivity contribution is -0.121. The molecule has 0 radical (unpaired) electrons. The SMILES string of the molecule is CCNS(=O)(=O)c1ccc(NC(=O)C2Cc3ccccc3CN2C(=O)c2ccc(F)cc2)cc1. The third-order valence-electron chi connectivity index (χ3n) is 5.67. The van der Waals surface area contributed by atoms with Crippen LogP contribution < -0.4 is 10.0 Å². The average molecular weight is 482 g/mol. The van der Waals surface area contributed by atoms with Crippen LogP contribution in [-0.2, 0) is 27.8 Å². The third kappa shape index (κ3) is 5.00. The summed E-state index contributed by atoms with van der Waals surface area (Å²) in [5.41, 5.74) is 2.61. The Morgan fingerprint density at radius 3 is 2.26 bits per heavy atom. The Morgan fingerprint density at radius 1 is 0.971 bits per heavy atom. The number of halogens is 1. The Balaban J connectivity index is 1.58. The van der Waals surface area contributed by atoms with Gasteiger partial charge in [0, 0.05) is 30.8 Å². The van der Waals surface area contributed by atoms with Crippen LogP contribution in [0.1, 0.15) is 28.4 Å². The summed E-state index contributed by atoms with van der Waals surface area (Å²) >= 11 is 0. The number of amides is 2. The second-order valence-corrected chi connectivity index (χ2v) is 9.71. The van der Waals surface area contributed by atoms with Crippen molar-refractivity contribution in [3.8, 4) is 0 Å². The molecule has 0 aromatic heterocycles. The number of sulfonamides is 1. The summed E-state index contributed by atoms with van der Waals surface area (Å²) in [6, 6.07) is 17.9. The van der Waals surface area contributed by atoms with Crippen molar-refractivity contribution in [1.82, 2.24) is 9.62 Å². The molecule has 0 saturated heterocycles. The minimum absolute atomic E-state index is 0.0899. The van der Waals surface area contributed by atoms with Crippen LogP contribution in [0.15, 0.2) is 77.7 Å². The second kappa shape index (κ2) is 9.74. The number of rotatable bonds is 6. The van der Waals surface area contributed by atoms with Crippen LogP contribution in [0.3, 0.4) is 0 Å². The molecule has 0 bridgehead atoms. The van der Waals surface area contributed by atoms with Gasteiger partial charge in [-0.1, -0.05) is 31.2 Å². The molecule has 3 aromatic rings. The van der Waals surface area contributed by atoms with E-state index < -0.39 is 27.8 Å². The van der Waals surface area contributed by atoms with Gasteiger partial charge < -0.3 is 10.2 Å². The first-order valence-corrected chi connectivity index (χ1v) is 12.3. The number of benzene rings is 3. The molecule has 7 nitrogen and oxygen atoms in total. The summed E-state index contributed by atoms with van der Waals surface area (Å²) in [6.45, 7) is 2.19. The standard InChI is InChI=1S/C25H24FN3O4S/c1-2-27-34(32,33)22-13-11-21(12-14-22)28-24(30)23-15-18-5-3-4-6-19(18)16-29(23)25(31)17-7-9-20(26)10-8-17/h3-14,23,27H,2,15-16H2,1H3,(H,28,30). The predicted octanol–water partition coefficient (Wildman–Crippen LogP) is 3.33. The van der Waals surface area contributed by atoms with Gasteiger partial charge in [0.15, 0.2) is 0 Å². The summed E-state index contributed by atoms with van der Waals surface area (Å²) in [4.78, 5) is 28.1. The molecule has 2 amide bonds. The zero-order chi connectivity index (χ0) is 24.3. The number of hydrogen-bond acceptors (Lipinski definition) is 4. The van der Waals surface area contributed by atoms with Crippen molar-refractivity contribution < 1.29 is 22.4 Å². The molecular weight excluding hydrogens is 457 g/mol. The highest BCUT2D eigenvalue weighted by Gasteiger charge is 2.35.